The van der Waals surface area contributed by atoms with Crippen molar-refractivity contribution in [2.24, 2.45) is 0 Å². The fourth-order valence-corrected chi connectivity index (χ4v) is 1.97. The normalized spacial score (nSPS) is 25.3. The third-order valence-electron chi connectivity index (χ3n) is 3.00. The number of carbonyl (C=O) groups excluding carboxylic acids is 1. The summed E-state index contributed by atoms with van der Waals surface area (Å²) in [7, 11) is 0. The Morgan fingerprint density at radius 2 is 2.07 bits per heavy atom. The lowest BCUT2D eigenvalue weighted by atomic mass is 9.94. The van der Waals surface area contributed by atoms with Gasteiger partial charge in [-0.25, -0.2) is 0 Å². The van der Waals surface area contributed by atoms with E-state index in [2.05, 4.69) is 12.1 Å². The summed E-state index contributed by atoms with van der Waals surface area (Å²) in [5, 5.41) is 0. The zero-order valence-corrected chi connectivity index (χ0v) is 9.03. The van der Waals surface area contributed by atoms with E-state index in [0.29, 0.717) is 6.42 Å². The molecule has 2 rings (SSSR count). The Morgan fingerprint density at radius 1 is 1.33 bits per heavy atom. The Labute approximate surface area is 90.3 Å². The van der Waals surface area contributed by atoms with Crippen molar-refractivity contribution in [3.05, 3.63) is 35.9 Å². The molecule has 15 heavy (non-hydrogen) atoms. The fourth-order valence-electron chi connectivity index (χ4n) is 1.97. The first-order chi connectivity index (χ1) is 7.18. The maximum absolute atomic E-state index is 11.0. The van der Waals surface area contributed by atoms with Gasteiger partial charge in [0.1, 0.15) is 5.60 Å². The summed E-state index contributed by atoms with van der Waals surface area (Å²) in [6.45, 7) is 2.03. The van der Waals surface area contributed by atoms with Gasteiger partial charge in [0.05, 0.1) is 0 Å². The summed E-state index contributed by atoms with van der Waals surface area (Å²) in [5.41, 5.74) is 1.08. The van der Waals surface area contributed by atoms with Crippen LogP contribution >= 0.6 is 0 Å². The summed E-state index contributed by atoms with van der Waals surface area (Å²) in [5.74, 6) is -0.0504. The number of hydrogen-bond acceptors (Lipinski definition) is 2. The first kappa shape index (κ1) is 10.2. The van der Waals surface area contributed by atoms with Crippen LogP contribution in [0.5, 0.6) is 0 Å². The molecule has 80 valence electrons. The highest BCUT2D eigenvalue weighted by molar-refractivity contribution is 5.72. The molecule has 1 fully saturated rings. The van der Waals surface area contributed by atoms with Gasteiger partial charge in [0.15, 0.2) is 0 Å². The molecule has 0 aliphatic carbocycles. The minimum absolute atomic E-state index is 0.0504. The van der Waals surface area contributed by atoms with Crippen LogP contribution in [0.1, 0.15) is 31.7 Å². The molecule has 1 aliphatic rings. The van der Waals surface area contributed by atoms with Gasteiger partial charge in [0.2, 0.25) is 0 Å². The van der Waals surface area contributed by atoms with Gasteiger partial charge in [0.25, 0.3) is 0 Å². The number of carbonyl (C=O) groups is 1. The lowest BCUT2D eigenvalue weighted by Gasteiger charge is -2.22. The second-order valence-corrected chi connectivity index (χ2v) is 4.41. The van der Waals surface area contributed by atoms with Gasteiger partial charge in [-0.05, 0) is 31.7 Å². The van der Waals surface area contributed by atoms with E-state index in [9.17, 15) is 4.79 Å². The molecular formula is C13H16O2. The minimum Gasteiger partial charge on any atom is -0.459 e. The Morgan fingerprint density at radius 3 is 2.67 bits per heavy atom. The summed E-state index contributed by atoms with van der Waals surface area (Å²) in [4.78, 5) is 11.0. The van der Waals surface area contributed by atoms with Crippen LogP contribution in [0.25, 0.3) is 0 Å². The molecule has 2 nitrogen and oxygen atoms in total. The molecule has 0 N–H and O–H groups in total. The standard InChI is InChI=1S/C13H16O2/c1-13(10-8-12(14)15-13)9-7-11-5-3-2-4-6-11/h2-6H,7-10H2,1H3. The largest absolute Gasteiger partial charge is 0.459 e. The zero-order chi connectivity index (χ0) is 10.7. The fraction of sp³-hybridized carbons (Fsp3) is 0.462. The van der Waals surface area contributed by atoms with Crippen molar-refractivity contribution in [1.29, 1.82) is 0 Å². The van der Waals surface area contributed by atoms with Crippen LogP contribution in [-0.2, 0) is 16.0 Å². The van der Waals surface area contributed by atoms with E-state index in [1.54, 1.807) is 0 Å². The van der Waals surface area contributed by atoms with Crippen molar-refractivity contribution in [2.45, 2.75) is 38.2 Å². The van der Waals surface area contributed by atoms with Crippen LogP contribution in [0.15, 0.2) is 30.3 Å². The number of ether oxygens (including phenoxy) is 1. The van der Waals surface area contributed by atoms with Crippen molar-refractivity contribution in [3.8, 4) is 0 Å². The van der Waals surface area contributed by atoms with Gasteiger partial charge >= 0.3 is 5.97 Å². The van der Waals surface area contributed by atoms with Crippen LogP contribution in [0.4, 0.5) is 0 Å². The summed E-state index contributed by atoms with van der Waals surface area (Å²) >= 11 is 0. The van der Waals surface area contributed by atoms with Crippen LogP contribution < -0.4 is 0 Å². The maximum Gasteiger partial charge on any atom is 0.306 e. The molecule has 0 aromatic heterocycles. The molecule has 0 radical (unpaired) electrons. The molecular weight excluding hydrogens is 188 g/mol. The van der Waals surface area contributed by atoms with E-state index in [4.69, 9.17) is 4.74 Å². The van der Waals surface area contributed by atoms with E-state index in [1.807, 2.05) is 25.1 Å². The third kappa shape index (κ3) is 2.58. The highest BCUT2D eigenvalue weighted by Gasteiger charge is 2.34. The van der Waals surface area contributed by atoms with Gasteiger partial charge < -0.3 is 4.74 Å². The highest BCUT2D eigenvalue weighted by Crippen LogP contribution is 2.30. The molecule has 1 aromatic carbocycles. The molecule has 1 heterocycles. The average Bonchev–Trinajstić information content (AvgIpc) is 2.58. The number of esters is 1. The first-order valence-electron chi connectivity index (χ1n) is 5.44. The minimum atomic E-state index is -0.229. The SMILES string of the molecule is CC1(CCc2ccccc2)CCC(=O)O1. The second-order valence-electron chi connectivity index (χ2n) is 4.41. The predicted octanol–water partition coefficient (Wildman–Crippen LogP) is 2.71. The predicted molar refractivity (Wildman–Crippen MR) is 58.5 cm³/mol. The number of hydrogen-bond donors (Lipinski definition) is 0. The topological polar surface area (TPSA) is 26.3 Å². The van der Waals surface area contributed by atoms with E-state index in [-0.39, 0.29) is 11.6 Å². The van der Waals surface area contributed by atoms with Crippen molar-refractivity contribution >= 4 is 5.97 Å². The lowest BCUT2D eigenvalue weighted by Crippen LogP contribution is -2.24. The summed E-state index contributed by atoms with van der Waals surface area (Å²) in [6.07, 6.45) is 3.33. The Kier molecular flexibility index (Phi) is 2.76. The van der Waals surface area contributed by atoms with Crippen molar-refractivity contribution < 1.29 is 9.53 Å². The monoisotopic (exact) mass is 204 g/mol. The molecule has 1 unspecified atom stereocenters. The molecule has 0 amide bonds. The van der Waals surface area contributed by atoms with Crippen LogP contribution in [-0.4, -0.2) is 11.6 Å². The van der Waals surface area contributed by atoms with Crippen LogP contribution in [0.2, 0.25) is 0 Å². The number of aryl methyl sites for hydroxylation is 1. The Bertz CT molecular complexity index is 345. The lowest BCUT2D eigenvalue weighted by molar-refractivity contribution is -0.147. The van der Waals surface area contributed by atoms with Crippen molar-refractivity contribution in [2.75, 3.05) is 0 Å². The second kappa shape index (κ2) is 4.05. The Hall–Kier alpha value is -1.31. The summed E-state index contributed by atoms with van der Waals surface area (Å²) < 4.78 is 5.33. The van der Waals surface area contributed by atoms with E-state index < -0.39 is 0 Å². The van der Waals surface area contributed by atoms with E-state index >= 15 is 0 Å². The van der Waals surface area contributed by atoms with Crippen LogP contribution in [0.3, 0.4) is 0 Å². The first-order valence-corrected chi connectivity index (χ1v) is 5.44. The quantitative estimate of drug-likeness (QED) is 0.708. The molecule has 2 heteroatoms. The smallest absolute Gasteiger partial charge is 0.306 e. The number of benzene rings is 1. The highest BCUT2D eigenvalue weighted by atomic mass is 16.6. The van der Waals surface area contributed by atoms with Gasteiger partial charge in [-0.3, -0.25) is 4.79 Å². The van der Waals surface area contributed by atoms with Crippen LogP contribution in [0, 0.1) is 0 Å². The molecule has 1 aliphatic heterocycles. The number of rotatable bonds is 3. The molecule has 0 spiro atoms. The number of cyclic esters (lactones) is 1. The van der Waals surface area contributed by atoms with Crippen molar-refractivity contribution in [1.82, 2.24) is 0 Å². The molecule has 0 saturated carbocycles. The van der Waals surface area contributed by atoms with Crippen molar-refractivity contribution in [3.63, 3.8) is 0 Å². The average molecular weight is 204 g/mol. The van der Waals surface area contributed by atoms with E-state index in [0.717, 1.165) is 19.3 Å². The van der Waals surface area contributed by atoms with E-state index in [1.165, 1.54) is 5.56 Å². The maximum atomic E-state index is 11.0. The van der Waals surface area contributed by atoms with Gasteiger partial charge in [0, 0.05) is 6.42 Å². The molecule has 1 atom stereocenters. The van der Waals surface area contributed by atoms with Gasteiger partial charge in [-0.15, -0.1) is 0 Å². The molecule has 1 saturated heterocycles. The molecule has 0 bridgehead atoms. The zero-order valence-electron chi connectivity index (χ0n) is 9.03. The Balaban J connectivity index is 1.91. The summed E-state index contributed by atoms with van der Waals surface area (Å²) in [6, 6.07) is 10.3. The molecule has 1 aromatic rings. The van der Waals surface area contributed by atoms with Gasteiger partial charge in [-0.1, -0.05) is 30.3 Å². The van der Waals surface area contributed by atoms with Gasteiger partial charge in [-0.2, -0.15) is 0 Å². The third-order valence-corrected chi connectivity index (χ3v) is 3.00.